The van der Waals surface area contributed by atoms with E-state index < -0.39 is 0 Å². The van der Waals surface area contributed by atoms with Crippen molar-refractivity contribution >= 4 is 0 Å². The summed E-state index contributed by atoms with van der Waals surface area (Å²) < 4.78 is 11.2. The largest absolute Gasteiger partial charge is 0.353 e. The molecule has 0 aromatic heterocycles. The van der Waals surface area contributed by atoms with Crippen LogP contribution in [-0.2, 0) is 9.47 Å². The number of unbranched alkanes of at least 4 members (excludes halogenated alkanes) is 2. The van der Waals surface area contributed by atoms with Gasteiger partial charge in [0.15, 0.2) is 6.29 Å². The predicted molar refractivity (Wildman–Crippen MR) is 61.4 cm³/mol. The molecule has 1 aliphatic heterocycles. The van der Waals surface area contributed by atoms with E-state index in [4.69, 9.17) is 15.9 Å². The number of rotatable bonds is 6. The topological polar surface area (TPSA) is 18.5 Å². The Morgan fingerprint density at radius 3 is 2.93 bits per heavy atom. The van der Waals surface area contributed by atoms with Crippen molar-refractivity contribution < 1.29 is 9.47 Å². The fraction of sp³-hybridized carbons (Fsp3) is 0.846. The summed E-state index contributed by atoms with van der Waals surface area (Å²) >= 11 is 0. The summed E-state index contributed by atoms with van der Waals surface area (Å²) in [6.07, 6.45) is 13.2. The Balaban J connectivity index is 2.17. The summed E-state index contributed by atoms with van der Waals surface area (Å²) in [5, 5.41) is 0. The van der Waals surface area contributed by atoms with Gasteiger partial charge in [0.05, 0.1) is 0 Å². The van der Waals surface area contributed by atoms with Gasteiger partial charge in [0.2, 0.25) is 0 Å². The van der Waals surface area contributed by atoms with Crippen LogP contribution < -0.4 is 0 Å². The van der Waals surface area contributed by atoms with Crippen molar-refractivity contribution in [1.29, 1.82) is 0 Å². The van der Waals surface area contributed by atoms with Crippen LogP contribution in [0.4, 0.5) is 0 Å². The lowest BCUT2D eigenvalue weighted by molar-refractivity contribution is -0.177. The smallest absolute Gasteiger partial charge is 0.159 e. The van der Waals surface area contributed by atoms with Crippen LogP contribution in [0.25, 0.3) is 0 Å². The molecule has 0 aromatic rings. The molecule has 0 unspecified atom stereocenters. The van der Waals surface area contributed by atoms with Crippen LogP contribution in [0.1, 0.15) is 51.9 Å². The number of hydrogen-bond acceptors (Lipinski definition) is 2. The average Bonchev–Trinajstić information content (AvgIpc) is 2.29. The zero-order valence-electron chi connectivity index (χ0n) is 9.71. The molecule has 0 radical (unpaired) electrons. The molecular formula is C13H22O2. The van der Waals surface area contributed by atoms with E-state index >= 15 is 0 Å². The molecule has 0 N–H and O–H groups in total. The standard InChI is InChI=1S/C13H22O2/c1-3-5-6-9-12(4-2)15-13-10-7-8-11-14-13/h2,12-13H,3,5-11H2,1H3/t12-,13-/m1/s1. The van der Waals surface area contributed by atoms with Crippen LogP contribution in [0, 0.1) is 12.3 Å². The van der Waals surface area contributed by atoms with Crippen molar-refractivity contribution in [2.45, 2.75) is 64.3 Å². The van der Waals surface area contributed by atoms with E-state index in [1.807, 2.05) is 0 Å². The Morgan fingerprint density at radius 2 is 2.33 bits per heavy atom. The molecule has 1 saturated heterocycles. The van der Waals surface area contributed by atoms with Crippen LogP contribution in [0.5, 0.6) is 0 Å². The zero-order valence-corrected chi connectivity index (χ0v) is 9.71. The van der Waals surface area contributed by atoms with Gasteiger partial charge in [0, 0.05) is 6.61 Å². The van der Waals surface area contributed by atoms with Crippen molar-refractivity contribution in [2.75, 3.05) is 6.61 Å². The first kappa shape index (κ1) is 12.5. The fourth-order valence-corrected chi connectivity index (χ4v) is 1.77. The molecule has 0 aromatic carbocycles. The highest BCUT2D eigenvalue weighted by Gasteiger charge is 2.17. The second kappa shape index (κ2) is 7.73. The average molecular weight is 210 g/mol. The Kier molecular flexibility index (Phi) is 6.47. The van der Waals surface area contributed by atoms with E-state index in [0.717, 1.165) is 32.3 Å². The van der Waals surface area contributed by atoms with Crippen molar-refractivity contribution in [3.8, 4) is 12.3 Å². The first-order valence-electron chi connectivity index (χ1n) is 6.10. The normalized spacial score (nSPS) is 23.3. The Hall–Kier alpha value is -0.520. The summed E-state index contributed by atoms with van der Waals surface area (Å²) in [6, 6.07) is 0. The Bertz CT molecular complexity index is 189. The van der Waals surface area contributed by atoms with Crippen LogP contribution in [-0.4, -0.2) is 19.0 Å². The lowest BCUT2D eigenvalue weighted by Gasteiger charge is -2.25. The van der Waals surface area contributed by atoms with E-state index in [1.165, 1.54) is 19.3 Å². The molecule has 0 saturated carbocycles. The van der Waals surface area contributed by atoms with E-state index in [-0.39, 0.29) is 12.4 Å². The van der Waals surface area contributed by atoms with E-state index in [0.29, 0.717) is 0 Å². The minimum Gasteiger partial charge on any atom is -0.353 e. The van der Waals surface area contributed by atoms with Crippen LogP contribution >= 0.6 is 0 Å². The Morgan fingerprint density at radius 1 is 1.47 bits per heavy atom. The fourth-order valence-electron chi connectivity index (χ4n) is 1.77. The van der Waals surface area contributed by atoms with Crippen LogP contribution in [0.2, 0.25) is 0 Å². The predicted octanol–water partition coefficient (Wildman–Crippen LogP) is 3.11. The zero-order chi connectivity index (χ0) is 10.9. The van der Waals surface area contributed by atoms with E-state index in [1.54, 1.807) is 0 Å². The van der Waals surface area contributed by atoms with Gasteiger partial charge < -0.3 is 9.47 Å². The van der Waals surface area contributed by atoms with Gasteiger partial charge in [-0.2, -0.15) is 0 Å². The monoisotopic (exact) mass is 210 g/mol. The molecule has 15 heavy (non-hydrogen) atoms. The molecule has 2 heteroatoms. The molecule has 1 rings (SSSR count). The molecule has 86 valence electrons. The van der Waals surface area contributed by atoms with Crippen molar-refractivity contribution in [3.63, 3.8) is 0 Å². The molecule has 1 fully saturated rings. The highest BCUT2D eigenvalue weighted by atomic mass is 16.7. The third-order valence-corrected chi connectivity index (χ3v) is 2.71. The van der Waals surface area contributed by atoms with Gasteiger partial charge in [0.1, 0.15) is 6.10 Å². The maximum absolute atomic E-state index is 5.73. The van der Waals surface area contributed by atoms with Gasteiger partial charge in [-0.3, -0.25) is 0 Å². The molecule has 0 bridgehead atoms. The van der Waals surface area contributed by atoms with Crippen LogP contribution in [0.15, 0.2) is 0 Å². The minimum absolute atomic E-state index is 0.0542. The maximum atomic E-state index is 5.73. The summed E-state index contributed by atoms with van der Waals surface area (Å²) in [7, 11) is 0. The Labute approximate surface area is 93.3 Å². The summed E-state index contributed by atoms with van der Waals surface area (Å²) in [4.78, 5) is 0. The molecule has 0 spiro atoms. The summed E-state index contributed by atoms with van der Waals surface area (Å²) in [6.45, 7) is 3.01. The van der Waals surface area contributed by atoms with Crippen LogP contribution in [0.3, 0.4) is 0 Å². The van der Waals surface area contributed by atoms with Gasteiger partial charge in [-0.15, -0.1) is 6.42 Å². The van der Waals surface area contributed by atoms with Crippen molar-refractivity contribution in [2.24, 2.45) is 0 Å². The van der Waals surface area contributed by atoms with Gasteiger partial charge in [-0.25, -0.2) is 0 Å². The molecule has 2 atom stereocenters. The van der Waals surface area contributed by atoms with Gasteiger partial charge in [0.25, 0.3) is 0 Å². The second-order valence-electron chi connectivity index (χ2n) is 4.08. The van der Waals surface area contributed by atoms with Crippen molar-refractivity contribution in [3.05, 3.63) is 0 Å². The van der Waals surface area contributed by atoms with Gasteiger partial charge in [-0.05, 0) is 32.1 Å². The SMILES string of the molecule is C#C[C@H](CCCCC)O[C@@H]1CCCCO1. The summed E-state index contributed by atoms with van der Waals surface area (Å²) in [5.74, 6) is 2.71. The van der Waals surface area contributed by atoms with E-state index in [2.05, 4.69) is 12.8 Å². The molecule has 1 heterocycles. The maximum Gasteiger partial charge on any atom is 0.159 e. The number of ether oxygens (including phenoxy) is 2. The highest BCUT2D eigenvalue weighted by Crippen LogP contribution is 2.17. The van der Waals surface area contributed by atoms with Crippen molar-refractivity contribution in [1.82, 2.24) is 0 Å². The molecule has 2 nitrogen and oxygen atoms in total. The third kappa shape index (κ3) is 5.20. The lowest BCUT2D eigenvalue weighted by Crippen LogP contribution is -2.27. The van der Waals surface area contributed by atoms with Gasteiger partial charge in [-0.1, -0.05) is 25.7 Å². The lowest BCUT2D eigenvalue weighted by atomic mass is 10.1. The molecule has 0 aliphatic carbocycles. The minimum atomic E-state index is -0.0559. The molecular weight excluding hydrogens is 188 g/mol. The third-order valence-electron chi connectivity index (χ3n) is 2.71. The number of terminal acetylenes is 1. The summed E-state index contributed by atoms with van der Waals surface area (Å²) in [5.41, 5.74) is 0. The van der Waals surface area contributed by atoms with Gasteiger partial charge >= 0.3 is 0 Å². The molecule has 1 aliphatic rings. The molecule has 0 amide bonds. The first-order valence-corrected chi connectivity index (χ1v) is 6.10. The first-order chi connectivity index (χ1) is 7.36. The quantitative estimate of drug-likeness (QED) is 0.495. The number of hydrogen-bond donors (Lipinski definition) is 0. The highest BCUT2D eigenvalue weighted by molar-refractivity contribution is 4.94. The van der Waals surface area contributed by atoms with E-state index in [9.17, 15) is 0 Å². The second-order valence-corrected chi connectivity index (χ2v) is 4.08.